The average Bonchev–Trinajstić information content (AvgIpc) is 3.36. The number of nitrogens with two attached hydrogens (primary N) is 1. The van der Waals surface area contributed by atoms with Gasteiger partial charge in [0, 0.05) is 51.4 Å². The predicted octanol–water partition coefficient (Wildman–Crippen LogP) is 2.68. The zero-order valence-electron chi connectivity index (χ0n) is 19.4. The number of benzene rings is 1. The van der Waals surface area contributed by atoms with Gasteiger partial charge < -0.3 is 10.5 Å². The zero-order chi connectivity index (χ0) is 23.6. The molecule has 0 fully saturated rings. The molecule has 1 unspecified atom stereocenters. The molecule has 0 aliphatic carbocycles. The number of amides is 1. The number of carbonyl (C=O) groups excluding carboxylic acids is 1. The number of hydrogen-bond donors (Lipinski definition) is 1. The van der Waals surface area contributed by atoms with E-state index in [1.165, 1.54) is 11.2 Å². The molecule has 0 radical (unpaired) electrons. The molecule has 1 amide bonds. The van der Waals surface area contributed by atoms with Gasteiger partial charge in [-0.3, -0.25) is 9.69 Å². The van der Waals surface area contributed by atoms with Gasteiger partial charge in [-0.1, -0.05) is 37.8 Å². The highest BCUT2D eigenvalue weighted by molar-refractivity contribution is 6.76. The number of nitrogens with zero attached hydrogens (tertiary/aromatic N) is 6. The van der Waals surface area contributed by atoms with E-state index in [9.17, 15) is 4.79 Å². The van der Waals surface area contributed by atoms with Gasteiger partial charge in [-0.05, 0) is 23.2 Å². The molecule has 4 rings (SSSR count). The molecule has 33 heavy (non-hydrogen) atoms. The van der Waals surface area contributed by atoms with Crippen LogP contribution in [0.1, 0.15) is 11.1 Å². The molecule has 1 aromatic carbocycles. The van der Waals surface area contributed by atoms with Crippen LogP contribution in [0, 0.1) is 0 Å². The summed E-state index contributed by atoms with van der Waals surface area (Å²) in [6.45, 7) is 7.93. The van der Waals surface area contributed by atoms with E-state index < -0.39 is 13.6 Å². The smallest absolute Gasteiger partial charge is 0.266 e. The monoisotopic (exact) mass is 463 g/mol. The Kier molecular flexibility index (Phi) is 6.13. The summed E-state index contributed by atoms with van der Waals surface area (Å²) in [5.74, 6) is -0.0757. The standard InChI is InChI=1S/C23H29N7O2Si/c1-29-21(31)23(28-22(29)24,19-7-5-6-17(10-19)18-11-25-15-26-12-18)20-13-27-30(14-20)16-32-8-9-33(2,3)4/h5-7,10-15H,8-9,16H2,1-4H3,(H2,24,28). The van der Waals surface area contributed by atoms with E-state index in [0.29, 0.717) is 24.5 Å². The van der Waals surface area contributed by atoms with Gasteiger partial charge in [0.05, 0.1) is 6.20 Å². The predicted molar refractivity (Wildman–Crippen MR) is 129 cm³/mol. The van der Waals surface area contributed by atoms with Crippen LogP contribution >= 0.6 is 0 Å². The summed E-state index contributed by atoms with van der Waals surface area (Å²) < 4.78 is 7.51. The van der Waals surface area contributed by atoms with Crippen LogP contribution in [0.3, 0.4) is 0 Å². The number of guanidine groups is 1. The summed E-state index contributed by atoms with van der Waals surface area (Å²) in [4.78, 5) is 27.7. The lowest BCUT2D eigenvalue weighted by Gasteiger charge is -2.25. The fourth-order valence-corrected chi connectivity index (χ4v) is 4.47. The van der Waals surface area contributed by atoms with E-state index in [4.69, 9.17) is 10.5 Å². The minimum absolute atomic E-state index is 0.160. The second-order valence-corrected chi connectivity index (χ2v) is 15.0. The number of carbonyl (C=O) groups is 1. The summed E-state index contributed by atoms with van der Waals surface area (Å²) in [6, 6.07) is 8.71. The van der Waals surface area contributed by atoms with E-state index >= 15 is 0 Å². The molecule has 10 heteroatoms. The summed E-state index contributed by atoms with van der Waals surface area (Å²) >= 11 is 0. The Morgan fingerprint density at radius 1 is 1.09 bits per heavy atom. The lowest BCUT2D eigenvalue weighted by Crippen LogP contribution is -2.41. The first kappa shape index (κ1) is 22.8. The van der Waals surface area contributed by atoms with Crippen molar-refractivity contribution in [2.24, 2.45) is 10.7 Å². The van der Waals surface area contributed by atoms with Crippen LogP contribution in [0.25, 0.3) is 11.1 Å². The number of hydrogen-bond acceptors (Lipinski definition) is 7. The van der Waals surface area contributed by atoms with Crippen molar-refractivity contribution in [3.8, 4) is 11.1 Å². The first-order valence-electron chi connectivity index (χ1n) is 10.8. The van der Waals surface area contributed by atoms with Crippen molar-refractivity contribution in [2.45, 2.75) is 38.0 Å². The van der Waals surface area contributed by atoms with Crippen molar-refractivity contribution >= 4 is 19.9 Å². The maximum absolute atomic E-state index is 13.5. The molecular formula is C23H29N7O2Si. The molecule has 1 aliphatic rings. The van der Waals surface area contributed by atoms with E-state index in [-0.39, 0.29) is 11.9 Å². The molecule has 9 nitrogen and oxygen atoms in total. The number of aliphatic imine (C=N–C) groups is 1. The molecule has 0 saturated heterocycles. The van der Waals surface area contributed by atoms with Crippen LogP contribution in [-0.2, 0) is 21.8 Å². The van der Waals surface area contributed by atoms with Crippen LogP contribution in [0.2, 0.25) is 25.7 Å². The van der Waals surface area contributed by atoms with Crippen molar-refractivity contribution < 1.29 is 9.53 Å². The van der Waals surface area contributed by atoms with Crippen molar-refractivity contribution in [3.63, 3.8) is 0 Å². The van der Waals surface area contributed by atoms with Crippen molar-refractivity contribution in [1.82, 2.24) is 24.6 Å². The van der Waals surface area contributed by atoms with Gasteiger partial charge in [-0.2, -0.15) is 5.10 Å². The average molecular weight is 464 g/mol. The summed E-state index contributed by atoms with van der Waals surface area (Å²) in [5.41, 5.74) is 7.84. The molecule has 172 valence electrons. The molecule has 0 spiro atoms. The van der Waals surface area contributed by atoms with Crippen LogP contribution in [0.5, 0.6) is 0 Å². The molecule has 1 atom stereocenters. The molecule has 0 bridgehead atoms. The molecule has 2 N–H and O–H groups in total. The SMILES string of the molecule is CN1C(=O)C(c2cccc(-c3cncnc3)c2)(c2cnn(COCC[Si](C)(C)C)c2)N=C1N. The minimum atomic E-state index is -1.32. The Hall–Kier alpha value is -3.37. The Morgan fingerprint density at radius 3 is 2.52 bits per heavy atom. The van der Waals surface area contributed by atoms with Gasteiger partial charge in [0.1, 0.15) is 13.1 Å². The Bertz CT molecular complexity index is 1170. The first-order chi connectivity index (χ1) is 15.7. The van der Waals surface area contributed by atoms with Gasteiger partial charge in [0.2, 0.25) is 0 Å². The highest BCUT2D eigenvalue weighted by Crippen LogP contribution is 2.40. The lowest BCUT2D eigenvalue weighted by molar-refractivity contribution is -0.129. The fourth-order valence-electron chi connectivity index (χ4n) is 3.71. The molecule has 3 heterocycles. The van der Waals surface area contributed by atoms with Crippen molar-refractivity contribution in [2.75, 3.05) is 13.7 Å². The Balaban J connectivity index is 1.68. The van der Waals surface area contributed by atoms with Gasteiger partial charge in [0.15, 0.2) is 11.5 Å². The van der Waals surface area contributed by atoms with Crippen LogP contribution in [0.4, 0.5) is 0 Å². The van der Waals surface area contributed by atoms with Gasteiger partial charge in [-0.25, -0.2) is 19.6 Å². The summed E-state index contributed by atoms with van der Waals surface area (Å²) in [7, 11) is 0.456. The quantitative estimate of drug-likeness (QED) is 0.406. The molecular weight excluding hydrogens is 434 g/mol. The third-order valence-electron chi connectivity index (χ3n) is 5.69. The van der Waals surface area contributed by atoms with E-state index in [0.717, 1.165) is 17.2 Å². The highest BCUT2D eigenvalue weighted by atomic mass is 28.3. The largest absolute Gasteiger partial charge is 0.369 e. The fraction of sp³-hybridized carbons (Fsp3) is 0.348. The number of rotatable bonds is 8. The van der Waals surface area contributed by atoms with Gasteiger partial charge in [-0.15, -0.1) is 0 Å². The highest BCUT2D eigenvalue weighted by Gasteiger charge is 2.50. The first-order valence-corrected chi connectivity index (χ1v) is 14.5. The Labute approximate surface area is 194 Å². The van der Waals surface area contributed by atoms with E-state index in [2.05, 4.69) is 39.7 Å². The molecule has 2 aromatic heterocycles. The maximum atomic E-state index is 13.5. The second-order valence-electron chi connectivity index (χ2n) is 9.37. The molecule has 3 aromatic rings. The third kappa shape index (κ3) is 4.57. The van der Waals surface area contributed by atoms with Crippen LogP contribution in [-0.4, -0.2) is 58.2 Å². The van der Waals surface area contributed by atoms with Gasteiger partial charge in [0.25, 0.3) is 5.91 Å². The Morgan fingerprint density at radius 2 is 1.85 bits per heavy atom. The number of ether oxygens (including phenoxy) is 1. The number of likely N-dealkylation sites (N-methyl/N-ethyl adjacent to an activating group) is 1. The molecule has 0 saturated carbocycles. The maximum Gasteiger partial charge on any atom is 0.266 e. The van der Waals surface area contributed by atoms with Crippen molar-refractivity contribution in [3.05, 3.63) is 66.5 Å². The third-order valence-corrected chi connectivity index (χ3v) is 7.39. The second kappa shape index (κ2) is 8.87. The summed E-state index contributed by atoms with van der Waals surface area (Å²) in [5, 5.41) is 4.43. The molecule has 1 aliphatic heterocycles. The topological polar surface area (TPSA) is 112 Å². The van der Waals surface area contributed by atoms with Gasteiger partial charge >= 0.3 is 0 Å². The van der Waals surface area contributed by atoms with Crippen LogP contribution in [0.15, 0.2) is 60.4 Å². The van der Waals surface area contributed by atoms with E-state index in [1.54, 1.807) is 36.5 Å². The van der Waals surface area contributed by atoms with Crippen LogP contribution < -0.4 is 5.73 Å². The normalized spacial score (nSPS) is 18.6. The number of aromatic nitrogens is 4. The lowest BCUT2D eigenvalue weighted by atomic mass is 9.83. The van der Waals surface area contributed by atoms with E-state index in [1.807, 2.05) is 24.3 Å². The van der Waals surface area contributed by atoms with Crippen molar-refractivity contribution in [1.29, 1.82) is 0 Å². The summed E-state index contributed by atoms with van der Waals surface area (Å²) in [6.07, 6.45) is 8.41. The minimum Gasteiger partial charge on any atom is -0.369 e. The zero-order valence-corrected chi connectivity index (χ0v) is 20.4.